The fraction of sp³-hybridized carbons (Fsp3) is 0.294. The molecule has 4 heteroatoms. The highest BCUT2D eigenvalue weighted by molar-refractivity contribution is 9.10. The van der Waals surface area contributed by atoms with Gasteiger partial charge in [-0.15, -0.1) is 0 Å². The zero-order valence-electron chi connectivity index (χ0n) is 12.5. The van der Waals surface area contributed by atoms with E-state index in [0.29, 0.717) is 0 Å². The highest BCUT2D eigenvalue weighted by Gasteiger charge is 2.18. The van der Waals surface area contributed by atoms with Gasteiger partial charge in [-0.1, -0.05) is 61.0 Å². The summed E-state index contributed by atoms with van der Waals surface area (Å²) in [5, 5.41) is 0. The van der Waals surface area contributed by atoms with Crippen LogP contribution in [0.15, 0.2) is 46.9 Å². The van der Waals surface area contributed by atoms with Crippen molar-refractivity contribution in [2.75, 3.05) is 0 Å². The van der Waals surface area contributed by atoms with Crippen LogP contribution >= 0.6 is 15.9 Å². The first kappa shape index (κ1) is 16.1. The van der Waals surface area contributed by atoms with Crippen molar-refractivity contribution >= 4 is 15.9 Å². The van der Waals surface area contributed by atoms with Crippen LogP contribution < -0.4 is 11.3 Å². The summed E-state index contributed by atoms with van der Waals surface area (Å²) >= 11 is 3.45. The molecule has 2 aromatic rings. The average molecular weight is 351 g/mol. The van der Waals surface area contributed by atoms with Gasteiger partial charge in [-0.25, -0.2) is 9.82 Å². The molecule has 0 aliphatic rings. The molecule has 0 bridgehead atoms. The minimum absolute atomic E-state index is 0.101. The number of hydrazine groups is 1. The van der Waals surface area contributed by atoms with Gasteiger partial charge in [-0.2, -0.15) is 0 Å². The fourth-order valence-corrected chi connectivity index (χ4v) is 2.75. The number of hydrogen-bond acceptors (Lipinski definition) is 2. The molecule has 0 radical (unpaired) electrons. The molecule has 0 amide bonds. The maximum Gasteiger partial charge on any atom is 0.123 e. The lowest BCUT2D eigenvalue weighted by atomic mass is 9.86. The summed E-state index contributed by atoms with van der Waals surface area (Å²) in [5.41, 5.74) is 5.89. The van der Waals surface area contributed by atoms with Gasteiger partial charge in [0.2, 0.25) is 0 Å². The highest BCUT2D eigenvalue weighted by Crippen LogP contribution is 2.30. The lowest BCUT2D eigenvalue weighted by molar-refractivity contribution is 0.586. The Bertz CT molecular complexity index is 618. The van der Waals surface area contributed by atoms with Gasteiger partial charge in [0, 0.05) is 4.47 Å². The molecule has 2 aromatic carbocycles. The molecule has 0 aliphatic carbocycles. The SMILES string of the molecule is CC(C)(C)c1ccc(C(NN)c2cc(F)ccc2Br)cc1. The van der Waals surface area contributed by atoms with E-state index in [-0.39, 0.29) is 17.3 Å². The van der Waals surface area contributed by atoms with Gasteiger partial charge < -0.3 is 0 Å². The van der Waals surface area contributed by atoms with Crippen molar-refractivity contribution in [3.63, 3.8) is 0 Å². The predicted molar refractivity (Wildman–Crippen MR) is 88.4 cm³/mol. The van der Waals surface area contributed by atoms with E-state index in [9.17, 15) is 4.39 Å². The molecule has 1 atom stereocenters. The van der Waals surface area contributed by atoms with Crippen LogP contribution in [0.3, 0.4) is 0 Å². The lowest BCUT2D eigenvalue weighted by Crippen LogP contribution is -2.29. The summed E-state index contributed by atoms with van der Waals surface area (Å²) in [6.07, 6.45) is 0. The molecule has 0 heterocycles. The Morgan fingerprint density at radius 1 is 1.10 bits per heavy atom. The molecule has 3 N–H and O–H groups in total. The molecule has 0 spiro atoms. The molecule has 112 valence electrons. The van der Waals surface area contributed by atoms with Gasteiger partial charge in [-0.05, 0) is 40.3 Å². The Morgan fingerprint density at radius 2 is 1.71 bits per heavy atom. The molecule has 2 nitrogen and oxygen atoms in total. The first-order chi connectivity index (χ1) is 9.82. The van der Waals surface area contributed by atoms with E-state index < -0.39 is 0 Å². The van der Waals surface area contributed by atoms with E-state index in [4.69, 9.17) is 5.84 Å². The standard InChI is InChI=1S/C17H20BrFN2/c1-17(2,3)12-6-4-11(5-7-12)16(21-20)14-10-13(19)8-9-15(14)18/h4-10,16,21H,20H2,1-3H3. The molecule has 1 unspecified atom stereocenters. The number of hydrogen-bond donors (Lipinski definition) is 2. The van der Waals surface area contributed by atoms with Crippen LogP contribution in [0, 0.1) is 5.82 Å². The normalized spacial score (nSPS) is 13.2. The first-order valence-electron chi connectivity index (χ1n) is 6.84. The van der Waals surface area contributed by atoms with Gasteiger partial charge in [-0.3, -0.25) is 5.84 Å². The molecule has 0 aliphatic heterocycles. The van der Waals surface area contributed by atoms with Gasteiger partial charge in [0.15, 0.2) is 0 Å². The van der Waals surface area contributed by atoms with E-state index >= 15 is 0 Å². The minimum Gasteiger partial charge on any atom is -0.271 e. The van der Waals surface area contributed by atoms with Crippen LogP contribution in [0.25, 0.3) is 0 Å². The third-order valence-electron chi connectivity index (χ3n) is 3.55. The van der Waals surface area contributed by atoms with Crippen LogP contribution in [0.5, 0.6) is 0 Å². The van der Waals surface area contributed by atoms with Crippen molar-refractivity contribution in [2.45, 2.75) is 32.2 Å². The molecular weight excluding hydrogens is 331 g/mol. The monoisotopic (exact) mass is 350 g/mol. The lowest BCUT2D eigenvalue weighted by Gasteiger charge is -2.22. The maximum absolute atomic E-state index is 13.5. The van der Waals surface area contributed by atoms with Crippen LogP contribution in [0.1, 0.15) is 43.5 Å². The Hall–Kier alpha value is -1.23. The largest absolute Gasteiger partial charge is 0.271 e. The Kier molecular flexibility index (Phi) is 4.81. The summed E-state index contributed by atoms with van der Waals surface area (Å²) in [6, 6.07) is 12.6. The summed E-state index contributed by atoms with van der Waals surface area (Å²) < 4.78 is 14.3. The van der Waals surface area contributed by atoms with E-state index in [1.807, 2.05) is 12.1 Å². The highest BCUT2D eigenvalue weighted by atomic mass is 79.9. The van der Waals surface area contributed by atoms with E-state index in [1.54, 1.807) is 6.07 Å². The Morgan fingerprint density at radius 3 is 2.24 bits per heavy atom. The van der Waals surface area contributed by atoms with E-state index in [0.717, 1.165) is 15.6 Å². The first-order valence-corrected chi connectivity index (χ1v) is 7.64. The fourth-order valence-electron chi connectivity index (χ4n) is 2.28. The van der Waals surface area contributed by atoms with Crippen LogP contribution in [0.4, 0.5) is 4.39 Å². The van der Waals surface area contributed by atoms with Gasteiger partial charge in [0.05, 0.1) is 6.04 Å². The van der Waals surface area contributed by atoms with Gasteiger partial charge in [0.25, 0.3) is 0 Å². The summed E-state index contributed by atoms with van der Waals surface area (Å²) in [5.74, 6) is 5.41. The van der Waals surface area contributed by atoms with Crippen molar-refractivity contribution < 1.29 is 4.39 Å². The molecule has 0 saturated heterocycles. The second kappa shape index (κ2) is 6.26. The zero-order chi connectivity index (χ0) is 15.6. The van der Waals surface area contributed by atoms with Crippen LogP contribution in [-0.2, 0) is 5.41 Å². The maximum atomic E-state index is 13.5. The number of halogens is 2. The summed E-state index contributed by atoms with van der Waals surface area (Å²) in [4.78, 5) is 0. The Balaban J connectivity index is 2.40. The van der Waals surface area contributed by atoms with Crippen LogP contribution in [0.2, 0.25) is 0 Å². The zero-order valence-corrected chi connectivity index (χ0v) is 14.0. The average Bonchev–Trinajstić information content (AvgIpc) is 2.43. The number of nitrogens with two attached hydrogens (primary N) is 1. The van der Waals surface area contributed by atoms with Crippen molar-refractivity contribution in [3.8, 4) is 0 Å². The number of nitrogens with one attached hydrogen (secondary N) is 1. The summed E-state index contributed by atoms with van der Waals surface area (Å²) in [7, 11) is 0. The summed E-state index contributed by atoms with van der Waals surface area (Å²) in [6.45, 7) is 6.51. The minimum atomic E-state index is -0.278. The van der Waals surface area contributed by atoms with Crippen molar-refractivity contribution in [1.29, 1.82) is 0 Å². The van der Waals surface area contributed by atoms with E-state index in [1.165, 1.54) is 17.7 Å². The van der Waals surface area contributed by atoms with Crippen molar-refractivity contribution in [2.24, 2.45) is 5.84 Å². The quantitative estimate of drug-likeness (QED) is 0.634. The molecule has 21 heavy (non-hydrogen) atoms. The third-order valence-corrected chi connectivity index (χ3v) is 4.27. The van der Waals surface area contributed by atoms with Gasteiger partial charge >= 0.3 is 0 Å². The molecule has 0 saturated carbocycles. The number of benzene rings is 2. The molecule has 0 fully saturated rings. The van der Waals surface area contributed by atoms with Crippen molar-refractivity contribution in [1.82, 2.24) is 5.43 Å². The topological polar surface area (TPSA) is 38.0 Å². The van der Waals surface area contributed by atoms with Crippen LogP contribution in [-0.4, -0.2) is 0 Å². The molecule has 0 aromatic heterocycles. The molecule has 2 rings (SSSR count). The second-order valence-electron chi connectivity index (χ2n) is 6.14. The van der Waals surface area contributed by atoms with Crippen molar-refractivity contribution in [3.05, 3.63) is 69.4 Å². The third kappa shape index (κ3) is 3.70. The second-order valence-corrected chi connectivity index (χ2v) is 6.99. The smallest absolute Gasteiger partial charge is 0.123 e. The Labute approximate surface area is 133 Å². The van der Waals surface area contributed by atoms with Gasteiger partial charge in [0.1, 0.15) is 5.82 Å². The molecular formula is C17H20BrFN2. The van der Waals surface area contributed by atoms with E-state index in [2.05, 4.69) is 54.3 Å². The predicted octanol–water partition coefficient (Wildman–Crippen LogP) is 4.44. The number of rotatable bonds is 3.